The predicted octanol–water partition coefficient (Wildman–Crippen LogP) is 8.07. The van der Waals surface area contributed by atoms with Crippen molar-refractivity contribution in [2.75, 3.05) is 0 Å². The highest BCUT2D eigenvalue weighted by molar-refractivity contribution is 5.76. The van der Waals surface area contributed by atoms with Gasteiger partial charge in [0.2, 0.25) is 0 Å². The molecule has 0 bridgehead atoms. The Balaban J connectivity index is 1.29. The van der Waals surface area contributed by atoms with Gasteiger partial charge in [0.05, 0.1) is 5.41 Å². The molecule has 0 saturated heterocycles. The summed E-state index contributed by atoms with van der Waals surface area (Å²) < 4.78 is 6.13. The summed E-state index contributed by atoms with van der Waals surface area (Å²) in [6.07, 6.45) is 12.7. The molecule has 5 heteroatoms. The van der Waals surface area contributed by atoms with Crippen molar-refractivity contribution >= 4 is 12.1 Å². The highest BCUT2D eigenvalue weighted by Gasteiger charge is 2.72. The van der Waals surface area contributed by atoms with Gasteiger partial charge in [0.1, 0.15) is 6.10 Å². The molecule has 39 heavy (non-hydrogen) atoms. The molecule has 6 saturated carbocycles. The third-order valence-electron chi connectivity index (χ3n) is 14.9. The fraction of sp³-hybridized carbons (Fsp3) is 0.941. The van der Waals surface area contributed by atoms with Crippen LogP contribution in [-0.2, 0) is 9.53 Å². The monoisotopic (exact) mass is 541 g/mol. The van der Waals surface area contributed by atoms with E-state index in [4.69, 9.17) is 4.74 Å². The molecule has 4 unspecified atom stereocenters. The summed E-state index contributed by atoms with van der Waals surface area (Å²) in [7, 11) is 0. The van der Waals surface area contributed by atoms with Crippen molar-refractivity contribution in [2.45, 2.75) is 138 Å². The predicted molar refractivity (Wildman–Crippen MR) is 153 cm³/mol. The lowest BCUT2D eigenvalue weighted by molar-refractivity contribution is -0.249. The van der Waals surface area contributed by atoms with Crippen LogP contribution >= 0.6 is 0 Å². The number of hydrogen-bond acceptors (Lipinski definition) is 3. The second kappa shape index (κ2) is 8.87. The van der Waals surface area contributed by atoms with Crippen LogP contribution in [0.25, 0.3) is 0 Å². The Morgan fingerprint density at radius 1 is 0.795 bits per heavy atom. The van der Waals surface area contributed by atoms with Crippen LogP contribution in [0, 0.1) is 62.6 Å². The average molecular weight is 542 g/mol. The van der Waals surface area contributed by atoms with Crippen LogP contribution in [-0.4, -0.2) is 29.3 Å². The van der Waals surface area contributed by atoms with Gasteiger partial charge in [-0.2, -0.15) is 0 Å². The zero-order valence-electron chi connectivity index (χ0n) is 25.8. The number of amides is 1. The van der Waals surface area contributed by atoms with Gasteiger partial charge in [0.15, 0.2) is 0 Å². The third-order valence-corrected chi connectivity index (χ3v) is 14.9. The van der Waals surface area contributed by atoms with Gasteiger partial charge in [-0.05, 0) is 129 Å². The van der Waals surface area contributed by atoms with Gasteiger partial charge in [0.25, 0.3) is 0 Å². The Morgan fingerprint density at radius 2 is 1.51 bits per heavy atom. The van der Waals surface area contributed by atoms with E-state index in [0.717, 1.165) is 51.4 Å². The number of carbonyl (C=O) groups is 2. The molecule has 220 valence electrons. The number of carbonyl (C=O) groups excluding carboxylic acids is 1. The van der Waals surface area contributed by atoms with E-state index in [1.54, 1.807) is 0 Å². The van der Waals surface area contributed by atoms with Crippen LogP contribution in [0.5, 0.6) is 0 Å². The molecule has 6 rings (SSSR count). The third kappa shape index (κ3) is 3.75. The fourth-order valence-electron chi connectivity index (χ4n) is 12.5. The number of aliphatic carboxylic acids is 1. The molecular formula is C34H55NO4. The minimum Gasteiger partial charge on any atom is -0.481 e. The van der Waals surface area contributed by atoms with E-state index in [9.17, 15) is 14.7 Å². The molecule has 1 amide bonds. The standard InChI is InChI=1S/C34H55NO4/c1-20(2)22-12-17-34(28(36)37)19-18-32(6)23(27(22)34)10-11-25-31(5)15-14-26(39-29(38)35-21-8-9-21)30(3,4)24(31)13-16-33(25,32)7/h20-27H,8-19H2,1-7H3,(H,35,38)(H,36,37)/t22-,23?,24?,25?,26+,27?,31-,32+,33+,34-/m0/s1. The molecule has 0 aromatic rings. The Kier molecular flexibility index (Phi) is 6.34. The maximum absolute atomic E-state index is 12.9. The molecule has 0 radical (unpaired) electrons. The Morgan fingerprint density at radius 3 is 2.15 bits per heavy atom. The van der Waals surface area contributed by atoms with Crippen LogP contribution in [0.2, 0.25) is 0 Å². The summed E-state index contributed by atoms with van der Waals surface area (Å²) in [6.45, 7) is 17.2. The van der Waals surface area contributed by atoms with E-state index in [0.29, 0.717) is 41.5 Å². The topological polar surface area (TPSA) is 75.6 Å². The van der Waals surface area contributed by atoms with Crippen molar-refractivity contribution in [3.63, 3.8) is 0 Å². The number of alkyl carbamates (subject to hydrolysis) is 1. The lowest BCUT2D eigenvalue weighted by atomic mass is 9.32. The van der Waals surface area contributed by atoms with Gasteiger partial charge in [-0.25, -0.2) is 4.79 Å². The molecule has 6 aliphatic carbocycles. The Hall–Kier alpha value is -1.26. The number of carboxylic acid groups (broad SMARTS) is 1. The average Bonchev–Trinajstić information content (AvgIpc) is 3.56. The summed E-state index contributed by atoms with van der Waals surface area (Å²) in [5.74, 6) is 2.58. The number of hydrogen-bond donors (Lipinski definition) is 2. The SMILES string of the molecule is CC(C)[C@@H]1CC[C@]2(C(=O)O)CC[C@]3(C)C(CCC4[C@@]5(C)CC[C@@H](OC(=O)NC6CC6)C(C)(C)C5CC[C@]43C)C12. The van der Waals surface area contributed by atoms with Gasteiger partial charge < -0.3 is 15.2 Å². The molecule has 10 atom stereocenters. The lowest BCUT2D eigenvalue weighted by Gasteiger charge is -2.72. The molecule has 6 aliphatic rings. The number of carboxylic acids is 1. The van der Waals surface area contributed by atoms with Gasteiger partial charge in [0, 0.05) is 11.5 Å². The Labute approximate surface area is 237 Å². The zero-order valence-corrected chi connectivity index (χ0v) is 25.8. The van der Waals surface area contributed by atoms with Gasteiger partial charge in [-0.3, -0.25) is 4.79 Å². The first-order chi connectivity index (χ1) is 18.2. The number of fused-ring (bicyclic) bond motifs is 7. The van der Waals surface area contributed by atoms with E-state index >= 15 is 0 Å². The maximum atomic E-state index is 12.9. The first kappa shape index (κ1) is 27.9. The highest BCUT2D eigenvalue weighted by atomic mass is 16.6. The van der Waals surface area contributed by atoms with Gasteiger partial charge >= 0.3 is 12.1 Å². The van der Waals surface area contributed by atoms with E-state index in [-0.39, 0.29) is 33.9 Å². The molecule has 0 aromatic heterocycles. The van der Waals surface area contributed by atoms with Gasteiger partial charge in [-0.1, -0.05) is 48.5 Å². The second-order valence-corrected chi connectivity index (χ2v) is 16.8. The van der Waals surface area contributed by atoms with E-state index < -0.39 is 11.4 Å². The molecule has 2 N–H and O–H groups in total. The molecule has 0 aromatic carbocycles. The fourth-order valence-corrected chi connectivity index (χ4v) is 12.5. The summed E-state index contributed by atoms with van der Waals surface area (Å²) in [5.41, 5.74) is 0.0928. The molecule has 0 spiro atoms. The molecule has 0 heterocycles. The number of ether oxygens (including phenoxy) is 1. The normalized spacial score (nSPS) is 50.3. The molecule has 6 fully saturated rings. The second-order valence-electron chi connectivity index (χ2n) is 16.8. The molecule has 0 aliphatic heterocycles. The quantitative estimate of drug-likeness (QED) is 0.377. The van der Waals surface area contributed by atoms with Crippen molar-refractivity contribution < 1.29 is 19.4 Å². The first-order valence-corrected chi connectivity index (χ1v) is 16.4. The summed E-state index contributed by atoms with van der Waals surface area (Å²) in [4.78, 5) is 25.5. The smallest absolute Gasteiger partial charge is 0.407 e. The highest BCUT2D eigenvalue weighted by Crippen LogP contribution is 2.77. The minimum absolute atomic E-state index is 0.0261. The Bertz CT molecular complexity index is 1020. The van der Waals surface area contributed by atoms with Crippen molar-refractivity contribution in [1.82, 2.24) is 5.32 Å². The van der Waals surface area contributed by atoms with Crippen LogP contribution in [0.3, 0.4) is 0 Å². The van der Waals surface area contributed by atoms with Crippen molar-refractivity contribution in [3.8, 4) is 0 Å². The largest absolute Gasteiger partial charge is 0.481 e. The summed E-state index contributed by atoms with van der Waals surface area (Å²) >= 11 is 0. The molecule has 5 nitrogen and oxygen atoms in total. The van der Waals surface area contributed by atoms with Crippen molar-refractivity contribution in [2.24, 2.45) is 62.6 Å². The van der Waals surface area contributed by atoms with Crippen molar-refractivity contribution in [3.05, 3.63) is 0 Å². The molecular weight excluding hydrogens is 486 g/mol. The first-order valence-electron chi connectivity index (χ1n) is 16.4. The van der Waals surface area contributed by atoms with Crippen LogP contribution in [0.1, 0.15) is 126 Å². The van der Waals surface area contributed by atoms with Crippen LogP contribution in [0.4, 0.5) is 4.79 Å². The summed E-state index contributed by atoms with van der Waals surface area (Å²) in [5, 5.41) is 13.7. The maximum Gasteiger partial charge on any atom is 0.407 e. The minimum atomic E-state index is -0.508. The number of rotatable bonds is 4. The zero-order chi connectivity index (χ0) is 28.2. The number of nitrogens with one attached hydrogen (secondary N) is 1. The van der Waals surface area contributed by atoms with Gasteiger partial charge in [-0.15, -0.1) is 0 Å². The van der Waals surface area contributed by atoms with Crippen molar-refractivity contribution in [1.29, 1.82) is 0 Å². The van der Waals surface area contributed by atoms with Crippen LogP contribution < -0.4 is 5.32 Å². The van der Waals surface area contributed by atoms with E-state index in [2.05, 4.69) is 53.8 Å². The van der Waals surface area contributed by atoms with E-state index in [1.807, 2.05) is 0 Å². The van der Waals surface area contributed by atoms with Crippen LogP contribution in [0.15, 0.2) is 0 Å². The van der Waals surface area contributed by atoms with E-state index in [1.165, 1.54) is 25.7 Å². The summed E-state index contributed by atoms with van der Waals surface area (Å²) in [6, 6.07) is 0.325. The lowest BCUT2D eigenvalue weighted by Crippen LogP contribution is -2.67.